The number of benzene rings is 1. The number of amides is 2. The van der Waals surface area contributed by atoms with Crippen LogP contribution in [0.2, 0.25) is 0 Å². The van der Waals surface area contributed by atoms with E-state index in [4.69, 9.17) is 14.2 Å². The predicted octanol–water partition coefficient (Wildman–Crippen LogP) is 3.30. The molecule has 1 aromatic carbocycles. The molecule has 1 fully saturated rings. The Kier molecular flexibility index (Phi) is 6.93. The molecule has 2 amide bonds. The highest BCUT2D eigenvalue weighted by Gasteiger charge is 2.36. The number of carbonyl (C=O) groups excluding carboxylic acids is 3. The topological polar surface area (TPSA) is 82.1 Å². The van der Waals surface area contributed by atoms with Gasteiger partial charge in [-0.3, -0.25) is 19.3 Å². The SMILES string of the molecule is COc1cc(/C=C2/SC(=O)N(CC(=O)OC(C)C)C2=O)cc(I)c1OC. The largest absolute Gasteiger partial charge is 0.493 e. The average molecular weight is 491 g/mol. The van der Waals surface area contributed by atoms with Crippen LogP contribution in [-0.2, 0) is 14.3 Å². The Morgan fingerprint density at radius 3 is 2.54 bits per heavy atom. The van der Waals surface area contributed by atoms with Crippen molar-refractivity contribution in [2.24, 2.45) is 0 Å². The predicted molar refractivity (Wildman–Crippen MR) is 106 cm³/mol. The molecule has 0 aliphatic carbocycles. The summed E-state index contributed by atoms with van der Waals surface area (Å²) in [6.45, 7) is 3.00. The average Bonchev–Trinajstić information content (AvgIpc) is 2.81. The number of imide groups is 1. The second-order valence-electron chi connectivity index (χ2n) is 5.54. The van der Waals surface area contributed by atoms with Crippen LogP contribution in [0.1, 0.15) is 19.4 Å². The van der Waals surface area contributed by atoms with Crippen LogP contribution >= 0.6 is 34.4 Å². The quantitative estimate of drug-likeness (QED) is 0.343. The van der Waals surface area contributed by atoms with Gasteiger partial charge >= 0.3 is 5.97 Å². The minimum atomic E-state index is -0.621. The highest BCUT2D eigenvalue weighted by atomic mass is 127. The van der Waals surface area contributed by atoms with Gasteiger partial charge in [0, 0.05) is 0 Å². The fourth-order valence-electron chi connectivity index (χ4n) is 2.24. The van der Waals surface area contributed by atoms with E-state index in [1.165, 1.54) is 7.11 Å². The molecule has 0 aromatic heterocycles. The first-order valence-electron chi connectivity index (χ1n) is 7.63. The molecule has 7 nitrogen and oxygen atoms in total. The highest BCUT2D eigenvalue weighted by molar-refractivity contribution is 14.1. The molecule has 0 bridgehead atoms. The zero-order valence-electron chi connectivity index (χ0n) is 14.7. The van der Waals surface area contributed by atoms with Crippen LogP contribution < -0.4 is 9.47 Å². The van der Waals surface area contributed by atoms with Gasteiger partial charge in [0.1, 0.15) is 6.54 Å². The number of nitrogens with zero attached hydrogens (tertiary/aromatic N) is 1. The Labute approximate surface area is 169 Å². The molecule has 0 radical (unpaired) electrons. The van der Waals surface area contributed by atoms with Crippen LogP contribution in [0.4, 0.5) is 4.79 Å². The highest BCUT2D eigenvalue weighted by Crippen LogP contribution is 2.37. The van der Waals surface area contributed by atoms with E-state index in [2.05, 4.69) is 22.6 Å². The molecule has 0 spiro atoms. The van der Waals surface area contributed by atoms with Crippen LogP contribution in [0.3, 0.4) is 0 Å². The van der Waals surface area contributed by atoms with E-state index in [0.29, 0.717) is 17.1 Å². The van der Waals surface area contributed by atoms with E-state index < -0.39 is 23.7 Å². The number of hydrogen-bond donors (Lipinski definition) is 0. The summed E-state index contributed by atoms with van der Waals surface area (Å²) in [6, 6.07) is 3.52. The van der Waals surface area contributed by atoms with Crippen molar-refractivity contribution in [1.29, 1.82) is 0 Å². The molecule has 1 aliphatic rings. The molecule has 0 saturated carbocycles. The van der Waals surface area contributed by atoms with E-state index in [1.807, 2.05) is 6.07 Å². The van der Waals surface area contributed by atoms with Crippen molar-refractivity contribution in [2.45, 2.75) is 20.0 Å². The van der Waals surface area contributed by atoms with Crippen molar-refractivity contribution in [3.8, 4) is 11.5 Å². The Balaban J connectivity index is 2.25. The fraction of sp³-hybridized carbons (Fsp3) is 0.353. The normalized spacial score (nSPS) is 15.8. The smallest absolute Gasteiger partial charge is 0.326 e. The number of halogens is 1. The summed E-state index contributed by atoms with van der Waals surface area (Å²) >= 11 is 2.88. The summed E-state index contributed by atoms with van der Waals surface area (Å²) < 4.78 is 16.4. The third-order valence-electron chi connectivity index (χ3n) is 3.28. The molecule has 26 heavy (non-hydrogen) atoms. The van der Waals surface area contributed by atoms with Crippen molar-refractivity contribution in [3.05, 3.63) is 26.2 Å². The lowest BCUT2D eigenvalue weighted by Crippen LogP contribution is -2.35. The lowest BCUT2D eigenvalue weighted by molar-refractivity contribution is -0.149. The molecule has 0 atom stereocenters. The molecule has 1 aliphatic heterocycles. The summed E-state index contributed by atoms with van der Waals surface area (Å²) in [7, 11) is 3.06. The summed E-state index contributed by atoms with van der Waals surface area (Å²) in [5.41, 5.74) is 0.683. The van der Waals surface area contributed by atoms with Crippen molar-refractivity contribution in [2.75, 3.05) is 20.8 Å². The van der Waals surface area contributed by atoms with Crippen LogP contribution in [-0.4, -0.2) is 48.9 Å². The second kappa shape index (κ2) is 8.76. The van der Waals surface area contributed by atoms with Gasteiger partial charge in [-0.15, -0.1) is 0 Å². The van der Waals surface area contributed by atoms with Gasteiger partial charge in [0.15, 0.2) is 11.5 Å². The Morgan fingerprint density at radius 1 is 1.27 bits per heavy atom. The minimum absolute atomic E-state index is 0.232. The summed E-state index contributed by atoms with van der Waals surface area (Å²) in [5, 5.41) is -0.503. The zero-order chi connectivity index (χ0) is 19.4. The van der Waals surface area contributed by atoms with Crippen LogP contribution in [0.5, 0.6) is 11.5 Å². The summed E-state index contributed by atoms with van der Waals surface area (Å²) in [4.78, 5) is 37.4. The number of methoxy groups -OCH3 is 2. The minimum Gasteiger partial charge on any atom is -0.493 e. The van der Waals surface area contributed by atoms with Crippen LogP contribution in [0.15, 0.2) is 17.0 Å². The van der Waals surface area contributed by atoms with E-state index in [1.54, 1.807) is 33.1 Å². The molecule has 1 aromatic rings. The maximum atomic E-state index is 12.5. The van der Waals surface area contributed by atoms with E-state index >= 15 is 0 Å². The molecular formula is C17H18INO6S. The van der Waals surface area contributed by atoms with Gasteiger partial charge in [0.05, 0.1) is 28.8 Å². The maximum Gasteiger partial charge on any atom is 0.326 e. The van der Waals surface area contributed by atoms with E-state index in [0.717, 1.165) is 20.2 Å². The van der Waals surface area contributed by atoms with Crippen molar-refractivity contribution in [1.82, 2.24) is 4.90 Å². The van der Waals surface area contributed by atoms with Crippen molar-refractivity contribution < 1.29 is 28.6 Å². The van der Waals surface area contributed by atoms with Crippen LogP contribution in [0, 0.1) is 3.57 Å². The third-order valence-corrected chi connectivity index (χ3v) is 4.99. The number of carbonyl (C=O) groups is 3. The zero-order valence-corrected chi connectivity index (χ0v) is 17.7. The van der Waals surface area contributed by atoms with Gasteiger partial charge in [0.25, 0.3) is 11.1 Å². The maximum absolute atomic E-state index is 12.5. The molecule has 0 N–H and O–H groups in total. The van der Waals surface area contributed by atoms with Gasteiger partial charge in [-0.25, -0.2) is 0 Å². The van der Waals surface area contributed by atoms with Crippen molar-refractivity contribution >= 4 is 57.5 Å². The molecule has 0 unspecified atom stereocenters. The Hall–Kier alpha value is -1.75. The number of rotatable bonds is 6. The molecule has 2 rings (SSSR count). The van der Waals surface area contributed by atoms with Gasteiger partial charge < -0.3 is 14.2 Å². The second-order valence-corrected chi connectivity index (χ2v) is 7.70. The van der Waals surface area contributed by atoms with Gasteiger partial charge in [0.2, 0.25) is 0 Å². The first-order valence-corrected chi connectivity index (χ1v) is 9.52. The lowest BCUT2D eigenvalue weighted by atomic mass is 10.2. The van der Waals surface area contributed by atoms with Gasteiger partial charge in [-0.2, -0.15) is 0 Å². The van der Waals surface area contributed by atoms with Crippen LogP contribution in [0.25, 0.3) is 6.08 Å². The van der Waals surface area contributed by atoms with E-state index in [-0.39, 0.29) is 11.0 Å². The number of ether oxygens (including phenoxy) is 3. The standard InChI is InChI=1S/C17H18INO6S/c1-9(2)25-14(20)8-19-16(21)13(26-17(19)22)7-10-5-11(18)15(24-4)12(6-10)23-3/h5-7,9H,8H2,1-4H3/b13-7+. The molecule has 1 saturated heterocycles. The molecular weight excluding hydrogens is 473 g/mol. The first-order chi connectivity index (χ1) is 12.3. The third kappa shape index (κ3) is 4.70. The van der Waals surface area contributed by atoms with Gasteiger partial charge in [-0.1, -0.05) is 0 Å². The number of thioether (sulfide) groups is 1. The van der Waals surface area contributed by atoms with Crippen molar-refractivity contribution in [3.63, 3.8) is 0 Å². The van der Waals surface area contributed by atoms with Gasteiger partial charge in [-0.05, 0) is 72.0 Å². The van der Waals surface area contributed by atoms with E-state index in [9.17, 15) is 14.4 Å². The summed E-state index contributed by atoms with van der Waals surface area (Å²) in [6.07, 6.45) is 1.27. The monoisotopic (exact) mass is 491 g/mol. The molecule has 140 valence electrons. The molecule has 1 heterocycles. The lowest BCUT2D eigenvalue weighted by Gasteiger charge is -2.13. The Bertz CT molecular complexity index is 777. The fourth-order valence-corrected chi connectivity index (χ4v) is 3.92. The number of esters is 1. The summed E-state index contributed by atoms with van der Waals surface area (Å²) in [5.74, 6) is -0.0325. The molecule has 9 heteroatoms. The first kappa shape index (κ1) is 20.6. The Morgan fingerprint density at radius 2 is 1.96 bits per heavy atom. The number of hydrogen-bond acceptors (Lipinski definition) is 7.